The Kier molecular flexibility index (Phi) is 4.96. The first-order chi connectivity index (χ1) is 13.8. The Balaban J connectivity index is 1.45. The Hall–Kier alpha value is -4.14. The normalized spacial score (nSPS) is 10.4. The standard InChI is InChI=1S/C19H16N8O/c28-19(26-17-21-7-2-8-22-17)27-18-24-12-14-4-5-15(9-16(14)25-18)23-11-13-3-1-6-20-10-13/h1-10,12,23H,11H2,(H2,21,22,24,25,26,27,28). The largest absolute Gasteiger partial charge is 0.381 e. The van der Waals surface area contributed by atoms with Crippen molar-refractivity contribution >= 4 is 34.5 Å². The van der Waals surface area contributed by atoms with Crippen molar-refractivity contribution in [1.82, 2.24) is 24.9 Å². The molecule has 3 heterocycles. The highest BCUT2D eigenvalue weighted by Crippen LogP contribution is 2.19. The summed E-state index contributed by atoms with van der Waals surface area (Å²) in [5, 5.41) is 9.29. The zero-order chi connectivity index (χ0) is 19.2. The summed E-state index contributed by atoms with van der Waals surface area (Å²) < 4.78 is 0. The molecule has 28 heavy (non-hydrogen) atoms. The van der Waals surface area contributed by atoms with E-state index in [0.29, 0.717) is 12.1 Å². The predicted molar refractivity (Wildman–Crippen MR) is 106 cm³/mol. The molecule has 0 unspecified atom stereocenters. The second-order valence-corrected chi connectivity index (χ2v) is 5.83. The van der Waals surface area contributed by atoms with Crippen molar-refractivity contribution in [3.8, 4) is 0 Å². The summed E-state index contributed by atoms with van der Waals surface area (Å²) in [7, 11) is 0. The van der Waals surface area contributed by atoms with Gasteiger partial charge in [-0.3, -0.25) is 15.6 Å². The van der Waals surface area contributed by atoms with E-state index in [1.807, 2.05) is 36.5 Å². The van der Waals surface area contributed by atoms with E-state index in [2.05, 4.69) is 40.9 Å². The van der Waals surface area contributed by atoms with Gasteiger partial charge in [0.25, 0.3) is 0 Å². The zero-order valence-electron chi connectivity index (χ0n) is 14.7. The first kappa shape index (κ1) is 17.3. The van der Waals surface area contributed by atoms with Crippen LogP contribution in [0.3, 0.4) is 0 Å². The smallest absolute Gasteiger partial charge is 0.328 e. The molecular formula is C19H16N8O. The fourth-order valence-electron chi connectivity index (χ4n) is 2.50. The minimum atomic E-state index is -0.517. The number of rotatable bonds is 5. The van der Waals surface area contributed by atoms with Gasteiger partial charge in [-0.1, -0.05) is 6.07 Å². The molecule has 0 spiro atoms. The van der Waals surface area contributed by atoms with Crippen LogP contribution < -0.4 is 16.0 Å². The lowest BCUT2D eigenvalue weighted by Crippen LogP contribution is -2.22. The first-order valence-electron chi connectivity index (χ1n) is 8.51. The van der Waals surface area contributed by atoms with Crippen LogP contribution in [0.1, 0.15) is 5.56 Å². The van der Waals surface area contributed by atoms with E-state index >= 15 is 0 Å². The lowest BCUT2D eigenvalue weighted by atomic mass is 10.2. The maximum Gasteiger partial charge on any atom is 0.328 e. The third-order valence-electron chi connectivity index (χ3n) is 3.82. The number of carbonyl (C=O) groups is 1. The van der Waals surface area contributed by atoms with Crippen molar-refractivity contribution in [3.05, 3.63) is 72.9 Å². The molecule has 0 saturated heterocycles. The number of aromatic nitrogens is 5. The number of carbonyl (C=O) groups excluding carboxylic acids is 1. The summed E-state index contributed by atoms with van der Waals surface area (Å²) in [6.45, 7) is 0.648. The van der Waals surface area contributed by atoms with E-state index < -0.39 is 6.03 Å². The molecule has 0 radical (unpaired) electrons. The molecule has 0 aliphatic rings. The van der Waals surface area contributed by atoms with E-state index in [1.165, 1.54) is 12.4 Å². The Morgan fingerprint density at radius 3 is 2.57 bits per heavy atom. The zero-order valence-corrected chi connectivity index (χ0v) is 14.7. The van der Waals surface area contributed by atoms with E-state index in [-0.39, 0.29) is 11.9 Å². The van der Waals surface area contributed by atoms with Crippen LogP contribution in [-0.2, 0) is 6.54 Å². The van der Waals surface area contributed by atoms with Crippen LogP contribution in [0, 0.1) is 0 Å². The van der Waals surface area contributed by atoms with E-state index in [0.717, 1.165) is 16.6 Å². The molecule has 4 rings (SSSR count). The Bertz CT molecular complexity index is 1090. The summed E-state index contributed by atoms with van der Waals surface area (Å²) in [5.74, 6) is 0.382. The molecule has 3 aromatic heterocycles. The van der Waals surface area contributed by atoms with Crippen LogP contribution >= 0.6 is 0 Å². The molecule has 2 amide bonds. The molecule has 0 saturated carbocycles. The number of hydrogen-bond acceptors (Lipinski definition) is 7. The number of pyridine rings is 1. The minimum Gasteiger partial charge on any atom is -0.381 e. The number of urea groups is 1. The van der Waals surface area contributed by atoms with Crippen molar-refractivity contribution < 1.29 is 4.79 Å². The lowest BCUT2D eigenvalue weighted by molar-refractivity contribution is 0.262. The van der Waals surface area contributed by atoms with Gasteiger partial charge in [-0.25, -0.2) is 24.7 Å². The highest BCUT2D eigenvalue weighted by molar-refractivity contribution is 5.98. The van der Waals surface area contributed by atoms with Gasteiger partial charge >= 0.3 is 6.03 Å². The molecule has 0 bridgehead atoms. The third-order valence-corrected chi connectivity index (χ3v) is 3.82. The molecule has 9 heteroatoms. The summed E-state index contributed by atoms with van der Waals surface area (Å²) in [4.78, 5) is 32.6. The van der Waals surface area contributed by atoms with Crippen LogP contribution in [0.4, 0.5) is 22.4 Å². The Labute approximate surface area is 160 Å². The Morgan fingerprint density at radius 2 is 1.75 bits per heavy atom. The van der Waals surface area contributed by atoms with Crippen molar-refractivity contribution in [1.29, 1.82) is 0 Å². The Morgan fingerprint density at radius 1 is 0.893 bits per heavy atom. The molecule has 4 aromatic rings. The monoisotopic (exact) mass is 372 g/mol. The van der Waals surface area contributed by atoms with E-state index in [9.17, 15) is 4.79 Å². The minimum absolute atomic E-state index is 0.186. The molecule has 3 N–H and O–H groups in total. The van der Waals surface area contributed by atoms with Gasteiger partial charge in [0, 0.05) is 48.6 Å². The highest BCUT2D eigenvalue weighted by Gasteiger charge is 2.07. The number of hydrogen-bond donors (Lipinski definition) is 3. The van der Waals surface area contributed by atoms with E-state index in [4.69, 9.17) is 0 Å². The van der Waals surface area contributed by atoms with Gasteiger partial charge in [0.2, 0.25) is 11.9 Å². The molecule has 0 aliphatic heterocycles. The highest BCUT2D eigenvalue weighted by atomic mass is 16.2. The van der Waals surface area contributed by atoms with Gasteiger partial charge in [0.15, 0.2) is 0 Å². The quantitative estimate of drug-likeness (QED) is 0.493. The van der Waals surface area contributed by atoms with Gasteiger partial charge in [-0.05, 0) is 35.9 Å². The van der Waals surface area contributed by atoms with Crippen LogP contribution in [0.2, 0.25) is 0 Å². The molecular weight excluding hydrogens is 356 g/mol. The van der Waals surface area contributed by atoms with E-state index in [1.54, 1.807) is 18.5 Å². The average molecular weight is 372 g/mol. The lowest BCUT2D eigenvalue weighted by Gasteiger charge is -2.08. The van der Waals surface area contributed by atoms with Crippen molar-refractivity contribution in [2.75, 3.05) is 16.0 Å². The number of fused-ring (bicyclic) bond motifs is 1. The van der Waals surface area contributed by atoms with Gasteiger partial charge in [-0.2, -0.15) is 0 Å². The van der Waals surface area contributed by atoms with Crippen molar-refractivity contribution in [2.24, 2.45) is 0 Å². The van der Waals surface area contributed by atoms with Gasteiger partial charge in [-0.15, -0.1) is 0 Å². The molecule has 0 aliphatic carbocycles. The summed E-state index contributed by atoms with van der Waals surface area (Å²) in [5.41, 5.74) is 2.69. The number of nitrogens with one attached hydrogen (secondary N) is 3. The fourth-order valence-corrected chi connectivity index (χ4v) is 2.50. The molecule has 9 nitrogen and oxygen atoms in total. The number of anilines is 3. The summed E-state index contributed by atoms with van der Waals surface area (Å²) in [6, 6.07) is 10.8. The number of nitrogens with zero attached hydrogens (tertiary/aromatic N) is 5. The maximum absolute atomic E-state index is 12.0. The van der Waals surface area contributed by atoms with Crippen molar-refractivity contribution in [2.45, 2.75) is 6.54 Å². The number of benzene rings is 1. The molecule has 1 aromatic carbocycles. The van der Waals surface area contributed by atoms with Gasteiger partial charge < -0.3 is 5.32 Å². The second kappa shape index (κ2) is 8.04. The van der Waals surface area contributed by atoms with Gasteiger partial charge in [0.1, 0.15) is 0 Å². The SMILES string of the molecule is O=C(Nc1ncccn1)Nc1ncc2ccc(NCc3cccnc3)cc2n1. The first-order valence-corrected chi connectivity index (χ1v) is 8.51. The van der Waals surface area contributed by atoms with Crippen molar-refractivity contribution in [3.63, 3.8) is 0 Å². The average Bonchev–Trinajstić information content (AvgIpc) is 2.73. The van der Waals surface area contributed by atoms with Crippen LogP contribution in [0.15, 0.2) is 67.4 Å². The molecule has 0 fully saturated rings. The number of amides is 2. The van der Waals surface area contributed by atoms with Crippen LogP contribution in [-0.4, -0.2) is 31.0 Å². The van der Waals surface area contributed by atoms with Crippen LogP contribution in [0.5, 0.6) is 0 Å². The molecule has 0 atom stereocenters. The fraction of sp³-hybridized carbons (Fsp3) is 0.0526. The topological polar surface area (TPSA) is 118 Å². The summed E-state index contributed by atoms with van der Waals surface area (Å²) >= 11 is 0. The maximum atomic E-state index is 12.0. The predicted octanol–water partition coefficient (Wildman–Crippen LogP) is 3.07. The van der Waals surface area contributed by atoms with Crippen LogP contribution in [0.25, 0.3) is 10.9 Å². The third kappa shape index (κ3) is 4.33. The summed E-state index contributed by atoms with van der Waals surface area (Å²) in [6.07, 6.45) is 8.28. The van der Waals surface area contributed by atoms with Gasteiger partial charge in [0.05, 0.1) is 5.52 Å². The molecule has 138 valence electrons. The second-order valence-electron chi connectivity index (χ2n) is 5.83.